The summed E-state index contributed by atoms with van der Waals surface area (Å²) in [7, 11) is -3.79. The molecule has 1 atom stereocenters. The van der Waals surface area contributed by atoms with Crippen LogP contribution in [0.1, 0.15) is 25.5 Å². The van der Waals surface area contributed by atoms with E-state index in [4.69, 9.17) is 11.6 Å². The predicted molar refractivity (Wildman–Crippen MR) is 69.2 cm³/mol. The number of thiazole rings is 1. The molecular formula is C10H13ClN2O3S2. The Morgan fingerprint density at radius 1 is 1.56 bits per heavy atom. The van der Waals surface area contributed by atoms with Crippen LogP contribution in [0.5, 0.6) is 0 Å². The van der Waals surface area contributed by atoms with Crippen LogP contribution < -0.4 is 0 Å². The number of aryl methyl sites for hydroxylation is 1. The quantitative estimate of drug-likeness (QED) is 0.857. The van der Waals surface area contributed by atoms with Crippen LogP contribution in [0.15, 0.2) is 4.21 Å². The lowest BCUT2D eigenvalue weighted by Crippen LogP contribution is -2.32. The largest absolute Gasteiger partial charge is 0.277 e. The molecule has 0 radical (unpaired) electrons. The Bertz CT molecular complexity index is 582. The molecule has 1 aliphatic rings. The third-order valence-electron chi connectivity index (χ3n) is 3.00. The molecule has 2 rings (SSSR count). The molecule has 1 aromatic heterocycles. The third-order valence-corrected chi connectivity index (χ3v) is 6.63. The Morgan fingerprint density at radius 2 is 2.22 bits per heavy atom. The van der Waals surface area contributed by atoms with Gasteiger partial charge in [0.1, 0.15) is 0 Å². The predicted octanol–water partition coefficient (Wildman–Crippen LogP) is 2.05. The van der Waals surface area contributed by atoms with Gasteiger partial charge in [-0.15, -0.1) is 0 Å². The lowest BCUT2D eigenvalue weighted by molar-refractivity contribution is -0.123. The molecule has 1 aliphatic heterocycles. The number of carbonyl (C=O) groups is 1. The molecule has 0 spiro atoms. The van der Waals surface area contributed by atoms with E-state index in [1.54, 1.807) is 6.92 Å². The first-order chi connectivity index (χ1) is 8.36. The van der Waals surface area contributed by atoms with Crippen molar-refractivity contribution >= 4 is 38.9 Å². The van der Waals surface area contributed by atoms with E-state index in [2.05, 4.69) is 4.98 Å². The minimum Gasteiger partial charge on any atom is -0.274 e. The summed E-state index contributed by atoms with van der Waals surface area (Å²) >= 11 is 6.60. The van der Waals surface area contributed by atoms with Crippen molar-refractivity contribution in [2.45, 2.75) is 30.9 Å². The smallest absolute Gasteiger partial charge is 0.274 e. The van der Waals surface area contributed by atoms with E-state index in [-0.39, 0.29) is 27.0 Å². The van der Waals surface area contributed by atoms with Crippen LogP contribution in [0.25, 0.3) is 0 Å². The van der Waals surface area contributed by atoms with Crippen molar-refractivity contribution < 1.29 is 13.2 Å². The summed E-state index contributed by atoms with van der Waals surface area (Å²) in [6.07, 6.45) is 1.08. The summed E-state index contributed by atoms with van der Waals surface area (Å²) in [5, 5.41) is 0. The molecule has 100 valence electrons. The molecule has 0 aromatic carbocycles. The zero-order valence-corrected chi connectivity index (χ0v) is 12.4. The normalized spacial score (nSPS) is 20.7. The minimum absolute atomic E-state index is 0.0672. The SMILES string of the molecule is CCC1CC(=O)N(S(=O)(=O)c2sc(Cl)nc2C)C1. The number of hydrogen-bond donors (Lipinski definition) is 0. The molecule has 1 aromatic rings. The van der Waals surface area contributed by atoms with Crippen LogP contribution in [-0.2, 0) is 14.8 Å². The van der Waals surface area contributed by atoms with E-state index in [1.807, 2.05) is 6.92 Å². The van der Waals surface area contributed by atoms with Crippen molar-refractivity contribution in [2.24, 2.45) is 5.92 Å². The topological polar surface area (TPSA) is 67.3 Å². The summed E-state index contributed by atoms with van der Waals surface area (Å²) in [4.78, 5) is 15.7. The van der Waals surface area contributed by atoms with Crippen LogP contribution in [-0.4, -0.2) is 30.2 Å². The van der Waals surface area contributed by atoms with Crippen LogP contribution >= 0.6 is 22.9 Å². The average molecular weight is 309 g/mol. The first-order valence-corrected chi connectivity index (χ1v) is 8.18. The first kappa shape index (κ1) is 13.8. The Labute approximate surface area is 115 Å². The molecule has 1 saturated heterocycles. The molecule has 0 aliphatic carbocycles. The van der Waals surface area contributed by atoms with E-state index in [1.165, 1.54) is 0 Å². The van der Waals surface area contributed by atoms with Crippen LogP contribution in [0.2, 0.25) is 4.47 Å². The second-order valence-electron chi connectivity index (χ2n) is 4.25. The Kier molecular flexibility index (Phi) is 3.66. The maximum atomic E-state index is 12.4. The number of hydrogen-bond acceptors (Lipinski definition) is 5. The van der Waals surface area contributed by atoms with Crippen molar-refractivity contribution in [1.29, 1.82) is 0 Å². The first-order valence-electron chi connectivity index (χ1n) is 5.54. The standard InChI is InChI=1S/C10H13ClN2O3S2/c1-3-7-4-8(14)13(5-7)18(15,16)9-6(2)12-10(11)17-9/h7H,3-5H2,1-2H3. The van der Waals surface area contributed by atoms with Gasteiger partial charge < -0.3 is 0 Å². The number of carbonyl (C=O) groups excluding carboxylic acids is 1. The van der Waals surface area contributed by atoms with Gasteiger partial charge in [-0.3, -0.25) is 4.79 Å². The van der Waals surface area contributed by atoms with E-state index in [0.29, 0.717) is 12.1 Å². The summed E-state index contributed by atoms with van der Waals surface area (Å²) < 4.78 is 25.9. The minimum atomic E-state index is -3.79. The highest BCUT2D eigenvalue weighted by Crippen LogP contribution is 2.33. The zero-order chi connectivity index (χ0) is 13.5. The zero-order valence-electron chi connectivity index (χ0n) is 10.0. The Hall–Kier alpha value is -0.660. The van der Waals surface area contributed by atoms with E-state index >= 15 is 0 Å². The highest BCUT2D eigenvalue weighted by molar-refractivity contribution is 7.91. The van der Waals surface area contributed by atoms with Crippen molar-refractivity contribution in [3.8, 4) is 0 Å². The van der Waals surface area contributed by atoms with E-state index < -0.39 is 10.0 Å². The fourth-order valence-electron chi connectivity index (χ4n) is 1.95. The van der Waals surface area contributed by atoms with Crippen molar-refractivity contribution in [2.75, 3.05) is 6.54 Å². The number of amides is 1. The maximum Gasteiger partial charge on any atom is 0.277 e. The molecule has 1 amide bonds. The van der Waals surface area contributed by atoms with Crippen LogP contribution in [0.3, 0.4) is 0 Å². The highest BCUT2D eigenvalue weighted by atomic mass is 35.5. The molecule has 2 heterocycles. The number of rotatable bonds is 3. The fourth-order valence-corrected chi connectivity index (χ4v) is 5.27. The Morgan fingerprint density at radius 3 is 2.67 bits per heavy atom. The van der Waals surface area contributed by atoms with Crippen LogP contribution in [0.4, 0.5) is 0 Å². The van der Waals surface area contributed by atoms with Gasteiger partial charge in [0.15, 0.2) is 8.68 Å². The molecule has 1 unspecified atom stereocenters. The van der Waals surface area contributed by atoms with E-state index in [0.717, 1.165) is 22.1 Å². The van der Waals surface area contributed by atoms with Gasteiger partial charge in [-0.1, -0.05) is 36.3 Å². The molecule has 0 saturated carbocycles. The fraction of sp³-hybridized carbons (Fsp3) is 0.600. The molecule has 1 fully saturated rings. The molecule has 0 N–H and O–H groups in total. The van der Waals surface area contributed by atoms with Crippen molar-refractivity contribution in [3.63, 3.8) is 0 Å². The average Bonchev–Trinajstić information content (AvgIpc) is 2.82. The summed E-state index contributed by atoms with van der Waals surface area (Å²) in [5.74, 6) is -0.234. The van der Waals surface area contributed by atoms with Gasteiger partial charge in [0, 0.05) is 13.0 Å². The second kappa shape index (κ2) is 4.79. The molecule has 5 nitrogen and oxygen atoms in total. The highest BCUT2D eigenvalue weighted by Gasteiger charge is 2.39. The second-order valence-corrected chi connectivity index (χ2v) is 7.89. The lowest BCUT2D eigenvalue weighted by atomic mass is 10.1. The summed E-state index contributed by atoms with van der Waals surface area (Å²) in [6.45, 7) is 3.78. The maximum absolute atomic E-state index is 12.4. The molecular weight excluding hydrogens is 296 g/mol. The van der Waals surface area contributed by atoms with Crippen molar-refractivity contribution in [1.82, 2.24) is 9.29 Å². The van der Waals surface area contributed by atoms with Gasteiger partial charge in [0.25, 0.3) is 10.0 Å². The number of nitrogens with zero attached hydrogens (tertiary/aromatic N) is 2. The third kappa shape index (κ3) is 2.26. The number of sulfonamides is 1. The van der Waals surface area contributed by atoms with Gasteiger partial charge in [-0.25, -0.2) is 17.7 Å². The van der Waals surface area contributed by atoms with Crippen molar-refractivity contribution in [3.05, 3.63) is 10.2 Å². The number of aromatic nitrogens is 1. The van der Waals surface area contributed by atoms with Gasteiger partial charge >= 0.3 is 0 Å². The van der Waals surface area contributed by atoms with Gasteiger partial charge in [0.2, 0.25) is 5.91 Å². The van der Waals surface area contributed by atoms with E-state index in [9.17, 15) is 13.2 Å². The summed E-state index contributed by atoms with van der Waals surface area (Å²) in [5.41, 5.74) is 0.345. The molecule has 8 heteroatoms. The monoisotopic (exact) mass is 308 g/mol. The van der Waals surface area contributed by atoms with Gasteiger partial charge in [-0.05, 0) is 12.8 Å². The van der Waals surface area contributed by atoms with Gasteiger partial charge in [0.05, 0.1) is 5.69 Å². The Balaban J connectivity index is 2.38. The van der Waals surface area contributed by atoms with Crippen LogP contribution in [0, 0.1) is 12.8 Å². The van der Waals surface area contributed by atoms with Gasteiger partial charge in [-0.2, -0.15) is 0 Å². The molecule has 18 heavy (non-hydrogen) atoms. The lowest BCUT2D eigenvalue weighted by Gasteiger charge is -2.15. The molecule has 0 bridgehead atoms. The summed E-state index contributed by atoms with van der Waals surface area (Å²) in [6, 6.07) is 0. The number of halogens is 1.